The zero-order chi connectivity index (χ0) is 24.0. The number of benzene rings is 2. The van der Waals surface area contributed by atoms with Crippen molar-refractivity contribution in [2.45, 2.75) is 32.9 Å². The van der Waals surface area contributed by atoms with Crippen LogP contribution in [0, 0.1) is 5.82 Å². The van der Waals surface area contributed by atoms with Crippen LogP contribution in [0.4, 0.5) is 10.2 Å². The standard InChI is InChI=1S/C25H26ClFN6O/c1-15(2)31-11-9-29-24(31)33-22-13-18(17-6-4-5-7-21(17)27)20(26)12-19(22)23(30-25(33)34)32-10-8-28-14-16(32)3/h4-7,9,11-13,15-16,28H,8,10,14H2,1-3H3/t16-/m0/s1. The second kappa shape index (κ2) is 8.85. The average molecular weight is 481 g/mol. The molecular formula is C25H26ClFN6O. The molecule has 0 saturated carbocycles. The van der Waals surface area contributed by atoms with Crippen LogP contribution in [-0.4, -0.2) is 44.8 Å². The summed E-state index contributed by atoms with van der Waals surface area (Å²) in [4.78, 5) is 24.6. The summed E-state index contributed by atoms with van der Waals surface area (Å²) in [5, 5.41) is 4.47. The lowest BCUT2D eigenvalue weighted by atomic mass is 10.0. The van der Waals surface area contributed by atoms with Crippen molar-refractivity contribution < 1.29 is 4.39 Å². The monoisotopic (exact) mass is 480 g/mol. The minimum atomic E-state index is -0.442. The van der Waals surface area contributed by atoms with Crippen LogP contribution in [0.3, 0.4) is 0 Å². The Morgan fingerprint density at radius 3 is 2.74 bits per heavy atom. The molecule has 1 atom stereocenters. The van der Waals surface area contributed by atoms with Crippen LogP contribution in [0.5, 0.6) is 0 Å². The number of piperazine rings is 1. The fourth-order valence-corrected chi connectivity index (χ4v) is 4.83. The third kappa shape index (κ3) is 3.76. The molecule has 0 radical (unpaired) electrons. The lowest BCUT2D eigenvalue weighted by Crippen LogP contribution is -2.50. The fraction of sp³-hybridized carbons (Fsp3) is 0.320. The van der Waals surface area contributed by atoms with E-state index >= 15 is 0 Å². The second-order valence-corrected chi connectivity index (χ2v) is 9.26. The first-order valence-electron chi connectivity index (χ1n) is 11.4. The first-order chi connectivity index (χ1) is 16.4. The third-order valence-electron chi connectivity index (χ3n) is 6.30. The van der Waals surface area contributed by atoms with E-state index in [1.165, 1.54) is 10.6 Å². The molecule has 9 heteroatoms. The Bertz CT molecular complexity index is 1430. The molecule has 0 amide bonds. The van der Waals surface area contributed by atoms with E-state index in [1.807, 2.05) is 24.6 Å². The molecular weight excluding hydrogens is 455 g/mol. The summed E-state index contributed by atoms with van der Waals surface area (Å²) in [6.45, 7) is 8.40. The molecule has 1 N–H and O–H groups in total. The summed E-state index contributed by atoms with van der Waals surface area (Å²) in [6.07, 6.45) is 3.49. The van der Waals surface area contributed by atoms with Crippen LogP contribution in [0.15, 0.2) is 53.6 Å². The van der Waals surface area contributed by atoms with Gasteiger partial charge in [0.25, 0.3) is 0 Å². The molecule has 1 aliphatic rings. The van der Waals surface area contributed by atoms with Gasteiger partial charge >= 0.3 is 5.69 Å². The van der Waals surface area contributed by atoms with Gasteiger partial charge in [0, 0.05) is 65.6 Å². The third-order valence-corrected chi connectivity index (χ3v) is 6.61. The van der Waals surface area contributed by atoms with Gasteiger partial charge < -0.3 is 14.8 Å². The molecule has 176 valence electrons. The molecule has 0 spiro atoms. The van der Waals surface area contributed by atoms with Crippen LogP contribution >= 0.6 is 11.6 Å². The summed E-state index contributed by atoms with van der Waals surface area (Å²) in [5.74, 6) is 0.653. The maximum atomic E-state index is 14.7. The number of anilines is 1. The highest BCUT2D eigenvalue weighted by Gasteiger charge is 2.26. The zero-order valence-electron chi connectivity index (χ0n) is 19.3. The Morgan fingerprint density at radius 2 is 2.00 bits per heavy atom. The highest BCUT2D eigenvalue weighted by atomic mass is 35.5. The first-order valence-corrected chi connectivity index (χ1v) is 11.8. The summed E-state index contributed by atoms with van der Waals surface area (Å²) >= 11 is 6.72. The van der Waals surface area contributed by atoms with E-state index in [4.69, 9.17) is 11.6 Å². The largest absolute Gasteiger partial charge is 0.357 e. The summed E-state index contributed by atoms with van der Waals surface area (Å²) in [5.41, 5.74) is 1.02. The Kier molecular flexibility index (Phi) is 5.87. The molecule has 3 heterocycles. The Morgan fingerprint density at radius 1 is 1.21 bits per heavy atom. The smallest absolute Gasteiger partial charge is 0.351 e. The predicted molar refractivity (Wildman–Crippen MR) is 134 cm³/mol. The summed E-state index contributed by atoms with van der Waals surface area (Å²) in [6, 6.07) is 10.3. The van der Waals surface area contributed by atoms with Gasteiger partial charge in [-0.05, 0) is 39.0 Å². The summed E-state index contributed by atoms with van der Waals surface area (Å²) < 4.78 is 18.1. The number of aromatic nitrogens is 4. The number of hydrogen-bond donors (Lipinski definition) is 1. The van der Waals surface area contributed by atoms with Crippen molar-refractivity contribution in [2.75, 3.05) is 24.5 Å². The van der Waals surface area contributed by atoms with Crippen LogP contribution in [0.2, 0.25) is 5.02 Å². The number of hydrogen-bond acceptors (Lipinski definition) is 5. The summed E-state index contributed by atoms with van der Waals surface area (Å²) in [7, 11) is 0. The number of halogens is 2. The van der Waals surface area contributed by atoms with Crippen LogP contribution in [0.25, 0.3) is 28.0 Å². The quantitative estimate of drug-likeness (QED) is 0.468. The van der Waals surface area contributed by atoms with E-state index < -0.39 is 5.69 Å². The van der Waals surface area contributed by atoms with Crippen LogP contribution in [0.1, 0.15) is 26.8 Å². The van der Waals surface area contributed by atoms with Gasteiger partial charge in [-0.1, -0.05) is 29.8 Å². The highest BCUT2D eigenvalue weighted by molar-refractivity contribution is 6.34. The first kappa shape index (κ1) is 22.6. The minimum Gasteiger partial charge on any atom is -0.351 e. The van der Waals surface area contributed by atoms with Crippen molar-refractivity contribution in [3.05, 3.63) is 70.1 Å². The zero-order valence-corrected chi connectivity index (χ0v) is 20.1. The minimum absolute atomic E-state index is 0.0747. The molecule has 0 unspecified atom stereocenters. The Labute approximate surface area is 201 Å². The van der Waals surface area contributed by atoms with Crippen molar-refractivity contribution in [2.24, 2.45) is 0 Å². The van der Waals surface area contributed by atoms with E-state index in [1.54, 1.807) is 36.5 Å². The lowest BCUT2D eigenvalue weighted by molar-refractivity contribution is 0.497. The molecule has 4 aromatic rings. The number of rotatable bonds is 4. The molecule has 2 aromatic carbocycles. The lowest BCUT2D eigenvalue weighted by Gasteiger charge is -2.35. The number of nitrogens with zero attached hydrogens (tertiary/aromatic N) is 5. The maximum Gasteiger partial charge on any atom is 0.357 e. The number of nitrogens with one attached hydrogen (secondary N) is 1. The fourth-order valence-electron chi connectivity index (χ4n) is 4.57. The molecule has 1 aliphatic heterocycles. The maximum absolute atomic E-state index is 14.7. The van der Waals surface area contributed by atoms with E-state index in [2.05, 4.69) is 27.1 Å². The number of imidazole rings is 1. The molecule has 1 fully saturated rings. The molecule has 1 saturated heterocycles. The van der Waals surface area contributed by atoms with Crippen molar-refractivity contribution >= 4 is 28.3 Å². The van der Waals surface area contributed by atoms with Crippen molar-refractivity contribution in [1.82, 2.24) is 24.4 Å². The molecule has 5 rings (SSSR count). The van der Waals surface area contributed by atoms with Crippen molar-refractivity contribution in [3.8, 4) is 17.1 Å². The number of fused-ring (bicyclic) bond motifs is 1. The van der Waals surface area contributed by atoms with E-state index in [-0.39, 0.29) is 17.9 Å². The molecule has 0 bridgehead atoms. The van der Waals surface area contributed by atoms with Gasteiger partial charge in [0.2, 0.25) is 5.95 Å². The van der Waals surface area contributed by atoms with E-state index in [0.29, 0.717) is 40.0 Å². The molecule has 7 nitrogen and oxygen atoms in total. The molecule has 34 heavy (non-hydrogen) atoms. The Balaban J connectivity index is 1.86. The molecule has 0 aliphatic carbocycles. The molecule has 2 aromatic heterocycles. The van der Waals surface area contributed by atoms with Crippen molar-refractivity contribution in [1.29, 1.82) is 0 Å². The van der Waals surface area contributed by atoms with E-state index in [9.17, 15) is 9.18 Å². The van der Waals surface area contributed by atoms with E-state index in [0.717, 1.165) is 18.5 Å². The topological polar surface area (TPSA) is 68.0 Å². The van der Waals surface area contributed by atoms with Gasteiger partial charge in [-0.25, -0.2) is 18.7 Å². The highest BCUT2D eigenvalue weighted by Crippen LogP contribution is 2.37. The normalized spacial score (nSPS) is 16.5. The van der Waals surface area contributed by atoms with Crippen LogP contribution < -0.4 is 15.9 Å². The SMILES string of the molecule is CC(C)n1ccnc1-n1c(=O)nc(N2CCNC[C@@H]2C)c2cc(Cl)c(-c3ccccc3F)cc21. The van der Waals surface area contributed by atoms with Gasteiger partial charge in [-0.2, -0.15) is 4.98 Å². The van der Waals surface area contributed by atoms with Gasteiger partial charge in [0.05, 0.1) is 5.52 Å². The average Bonchev–Trinajstić information content (AvgIpc) is 3.29. The van der Waals surface area contributed by atoms with Gasteiger partial charge in [0.15, 0.2) is 0 Å². The predicted octanol–water partition coefficient (Wildman–Crippen LogP) is 4.42. The Hall–Kier alpha value is -3.23. The van der Waals surface area contributed by atoms with Gasteiger partial charge in [0.1, 0.15) is 11.6 Å². The van der Waals surface area contributed by atoms with Crippen molar-refractivity contribution in [3.63, 3.8) is 0 Å². The van der Waals surface area contributed by atoms with Gasteiger partial charge in [-0.15, -0.1) is 0 Å². The van der Waals surface area contributed by atoms with Gasteiger partial charge in [-0.3, -0.25) is 0 Å². The second-order valence-electron chi connectivity index (χ2n) is 8.86. The van der Waals surface area contributed by atoms with Crippen LogP contribution in [-0.2, 0) is 0 Å².